The second kappa shape index (κ2) is 10.6. The summed E-state index contributed by atoms with van der Waals surface area (Å²) in [5.74, 6) is 1.39. The highest BCUT2D eigenvalue weighted by molar-refractivity contribution is 9.10. The maximum atomic E-state index is 12.9. The number of nitrogens with zero attached hydrogens (tertiary/aromatic N) is 2. The van der Waals surface area contributed by atoms with Crippen molar-refractivity contribution >= 4 is 49.0 Å². The van der Waals surface area contributed by atoms with Crippen LogP contribution in [0, 0.1) is 0 Å². The number of fused-ring (bicyclic) bond motifs is 1. The Balaban J connectivity index is 1.37. The number of aromatic nitrogens is 1. The van der Waals surface area contributed by atoms with Crippen LogP contribution in [0.15, 0.2) is 40.3 Å². The number of carbonyl (C=O) groups excluding carboxylic acids is 1. The predicted octanol–water partition coefficient (Wildman–Crippen LogP) is 6.06. The molecular weight excluding hydrogens is 474 g/mol. The van der Waals surface area contributed by atoms with Gasteiger partial charge in [0.1, 0.15) is 18.2 Å². The van der Waals surface area contributed by atoms with Gasteiger partial charge in [-0.05, 0) is 75.0 Å². The van der Waals surface area contributed by atoms with Gasteiger partial charge in [0.25, 0.3) is 0 Å². The minimum Gasteiger partial charge on any atom is -0.489 e. The van der Waals surface area contributed by atoms with Crippen LogP contribution in [0.1, 0.15) is 54.4 Å². The van der Waals surface area contributed by atoms with E-state index in [0.29, 0.717) is 24.4 Å². The first-order valence-electron chi connectivity index (χ1n) is 10.9. The maximum Gasteiger partial charge on any atom is 0.165 e. The average molecular weight is 502 g/mol. The zero-order chi connectivity index (χ0) is 21.6. The number of anilines is 1. The summed E-state index contributed by atoms with van der Waals surface area (Å²) in [7, 11) is 0. The summed E-state index contributed by atoms with van der Waals surface area (Å²) in [6.07, 6.45) is 8.03. The number of nitrogen functional groups attached to an aromatic ring is 1. The third-order valence-corrected chi connectivity index (χ3v) is 7.38. The lowest BCUT2D eigenvalue weighted by atomic mass is 10.0. The van der Waals surface area contributed by atoms with Crippen LogP contribution in [0.25, 0.3) is 10.1 Å². The minimum absolute atomic E-state index is 0.154. The van der Waals surface area contributed by atoms with Gasteiger partial charge in [0.2, 0.25) is 0 Å². The van der Waals surface area contributed by atoms with Crippen molar-refractivity contribution < 1.29 is 9.53 Å². The molecule has 3 heterocycles. The molecular formula is C24H28BrN3O2S. The quantitative estimate of drug-likeness (QED) is 0.270. The average Bonchev–Trinajstić information content (AvgIpc) is 3.44. The molecule has 7 heteroatoms. The summed E-state index contributed by atoms with van der Waals surface area (Å²) < 4.78 is 7.84. The van der Waals surface area contributed by atoms with Crippen LogP contribution in [0.4, 0.5) is 5.82 Å². The Morgan fingerprint density at radius 1 is 1.16 bits per heavy atom. The van der Waals surface area contributed by atoms with Crippen molar-refractivity contribution in [3.8, 4) is 5.75 Å². The molecule has 5 nitrogen and oxygen atoms in total. The van der Waals surface area contributed by atoms with Crippen molar-refractivity contribution in [2.75, 3.05) is 25.4 Å². The Bertz CT molecular complexity index is 1030. The molecule has 1 aromatic carbocycles. The fourth-order valence-corrected chi connectivity index (χ4v) is 5.42. The van der Waals surface area contributed by atoms with E-state index in [1.165, 1.54) is 32.4 Å². The number of benzene rings is 1. The highest BCUT2D eigenvalue weighted by Crippen LogP contribution is 2.34. The van der Waals surface area contributed by atoms with Crippen molar-refractivity contribution in [3.63, 3.8) is 0 Å². The number of Topliss-reactive ketones (excluding diaryl/α,β-unsaturated/α-hetero) is 1. The molecule has 0 saturated carbocycles. The van der Waals surface area contributed by atoms with Crippen LogP contribution >= 0.6 is 27.3 Å². The van der Waals surface area contributed by atoms with E-state index >= 15 is 0 Å². The largest absolute Gasteiger partial charge is 0.489 e. The first-order valence-corrected chi connectivity index (χ1v) is 12.6. The van der Waals surface area contributed by atoms with Gasteiger partial charge in [0, 0.05) is 28.0 Å². The number of rotatable bonds is 10. The molecule has 1 aliphatic heterocycles. The van der Waals surface area contributed by atoms with E-state index in [0.717, 1.165) is 45.3 Å². The predicted molar refractivity (Wildman–Crippen MR) is 131 cm³/mol. The van der Waals surface area contributed by atoms with Gasteiger partial charge in [0.05, 0.1) is 10.3 Å². The molecule has 3 aromatic rings. The van der Waals surface area contributed by atoms with Crippen LogP contribution in [0.2, 0.25) is 0 Å². The Hall–Kier alpha value is -1.96. The molecule has 0 bridgehead atoms. The molecule has 1 aliphatic rings. The molecule has 0 aliphatic carbocycles. The van der Waals surface area contributed by atoms with E-state index in [-0.39, 0.29) is 5.78 Å². The zero-order valence-electron chi connectivity index (χ0n) is 17.6. The molecule has 0 atom stereocenters. The van der Waals surface area contributed by atoms with E-state index in [1.807, 2.05) is 29.6 Å². The van der Waals surface area contributed by atoms with Crippen molar-refractivity contribution in [2.45, 2.75) is 45.1 Å². The van der Waals surface area contributed by atoms with E-state index in [2.05, 4.69) is 25.8 Å². The fraction of sp³-hybridized carbons (Fsp3) is 0.417. The Kier molecular flexibility index (Phi) is 7.58. The van der Waals surface area contributed by atoms with Gasteiger partial charge < -0.3 is 15.4 Å². The molecule has 1 fully saturated rings. The second-order valence-electron chi connectivity index (χ2n) is 8.05. The summed E-state index contributed by atoms with van der Waals surface area (Å²) in [5, 5.41) is 2.87. The lowest BCUT2D eigenvalue weighted by Gasteiger charge is -2.13. The SMILES string of the molecule is Nc1ncc(C(=O)CCCCCN2CCCC2)c2scc(COc3ccc(Br)cc3)c12. The number of hydrogen-bond donors (Lipinski definition) is 1. The van der Waals surface area contributed by atoms with Crippen LogP contribution in [0.3, 0.4) is 0 Å². The Labute approximate surface area is 195 Å². The highest BCUT2D eigenvalue weighted by atomic mass is 79.9. The number of ether oxygens (including phenoxy) is 1. The van der Waals surface area contributed by atoms with Crippen molar-refractivity contribution in [3.05, 3.63) is 51.4 Å². The van der Waals surface area contributed by atoms with Crippen molar-refractivity contribution in [2.24, 2.45) is 0 Å². The van der Waals surface area contributed by atoms with E-state index < -0.39 is 0 Å². The van der Waals surface area contributed by atoms with Crippen LogP contribution < -0.4 is 10.5 Å². The molecule has 4 rings (SSSR count). The first kappa shape index (κ1) is 22.2. The number of halogens is 1. The number of thiophene rings is 1. The number of ketones is 1. The Morgan fingerprint density at radius 2 is 1.94 bits per heavy atom. The van der Waals surface area contributed by atoms with Gasteiger partial charge in [-0.1, -0.05) is 22.4 Å². The lowest BCUT2D eigenvalue weighted by Crippen LogP contribution is -2.20. The van der Waals surface area contributed by atoms with Crippen molar-refractivity contribution in [1.82, 2.24) is 9.88 Å². The molecule has 0 spiro atoms. The topological polar surface area (TPSA) is 68.5 Å². The summed E-state index contributed by atoms with van der Waals surface area (Å²) in [4.78, 5) is 19.7. The molecule has 1 saturated heterocycles. The third-order valence-electron chi connectivity index (χ3n) is 5.79. The first-order chi connectivity index (χ1) is 15.1. The number of unbranched alkanes of at least 4 members (excludes halogenated alkanes) is 2. The van der Waals surface area contributed by atoms with Gasteiger partial charge in [-0.3, -0.25) is 4.79 Å². The molecule has 0 unspecified atom stereocenters. The summed E-state index contributed by atoms with van der Waals surface area (Å²) in [5.41, 5.74) is 7.83. The number of pyridine rings is 1. The zero-order valence-corrected chi connectivity index (χ0v) is 20.0. The normalized spacial score (nSPS) is 14.4. The number of carbonyl (C=O) groups is 1. The monoisotopic (exact) mass is 501 g/mol. The van der Waals surface area contributed by atoms with Gasteiger partial charge in [0.15, 0.2) is 5.78 Å². The number of nitrogens with two attached hydrogens (primary N) is 1. The lowest BCUT2D eigenvalue weighted by molar-refractivity contribution is 0.0980. The van der Waals surface area contributed by atoms with Crippen LogP contribution in [-0.2, 0) is 6.61 Å². The van der Waals surface area contributed by atoms with E-state index in [9.17, 15) is 4.79 Å². The van der Waals surface area contributed by atoms with Gasteiger partial charge >= 0.3 is 0 Å². The summed E-state index contributed by atoms with van der Waals surface area (Å²) >= 11 is 4.97. The van der Waals surface area contributed by atoms with E-state index in [4.69, 9.17) is 10.5 Å². The van der Waals surface area contributed by atoms with Crippen molar-refractivity contribution in [1.29, 1.82) is 0 Å². The molecule has 0 radical (unpaired) electrons. The van der Waals surface area contributed by atoms with Gasteiger partial charge in [-0.15, -0.1) is 11.3 Å². The van der Waals surface area contributed by atoms with Crippen LogP contribution in [0.5, 0.6) is 5.75 Å². The Morgan fingerprint density at radius 3 is 2.71 bits per heavy atom. The molecule has 2 N–H and O–H groups in total. The van der Waals surface area contributed by atoms with Gasteiger partial charge in [-0.2, -0.15) is 0 Å². The summed E-state index contributed by atoms with van der Waals surface area (Å²) in [6.45, 7) is 4.02. The third kappa shape index (κ3) is 5.64. The summed E-state index contributed by atoms with van der Waals surface area (Å²) in [6, 6.07) is 7.72. The molecule has 164 valence electrons. The standard InChI is InChI=1S/C24H28BrN3O2S/c25-18-7-9-19(10-8-18)30-15-17-16-31-23-20(14-27-24(26)22(17)23)21(29)6-2-1-3-11-28-12-4-5-13-28/h7-10,14,16H,1-6,11-13,15H2,(H2,26,27). The highest BCUT2D eigenvalue weighted by Gasteiger charge is 2.18. The number of likely N-dealkylation sites (tertiary alicyclic amines) is 1. The van der Waals surface area contributed by atoms with Gasteiger partial charge in [-0.25, -0.2) is 4.98 Å². The maximum absolute atomic E-state index is 12.9. The molecule has 2 aromatic heterocycles. The fourth-order valence-electron chi connectivity index (χ4n) is 4.07. The smallest absolute Gasteiger partial charge is 0.165 e. The second-order valence-corrected chi connectivity index (χ2v) is 9.84. The molecule has 31 heavy (non-hydrogen) atoms. The van der Waals surface area contributed by atoms with Crippen LogP contribution in [-0.4, -0.2) is 35.3 Å². The van der Waals surface area contributed by atoms with E-state index in [1.54, 1.807) is 17.5 Å². The molecule has 0 amide bonds. The number of hydrogen-bond acceptors (Lipinski definition) is 6. The minimum atomic E-state index is 0.154.